The number of hydrogen-bond donors (Lipinski definition) is 2. The molecule has 0 saturated heterocycles. The first-order valence-electron chi connectivity index (χ1n) is 6.92. The van der Waals surface area contributed by atoms with Crippen molar-refractivity contribution in [3.63, 3.8) is 0 Å². The van der Waals surface area contributed by atoms with Gasteiger partial charge in [-0.1, -0.05) is 15.9 Å². The summed E-state index contributed by atoms with van der Waals surface area (Å²) in [4.78, 5) is 23.9. The van der Waals surface area contributed by atoms with Crippen molar-refractivity contribution in [2.75, 3.05) is 12.4 Å². The molecule has 0 radical (unpaired) electrons. The van der Waals surface area contributed by atoms with Crippen LogP contribution in [0.3, 0.4) is 0 Å². The highest BCUT2D eigenvalue weighted by atomic mass is 79.9. The topological polar surface area (TPSA) is 84.1 Å². The minimum atomic E-state index is -0.953. The van der Waals surface area contributed by atoms with Gasteiger partial charge < -0.3 is 10.1 Å². The number of carbonyl (C=O) groups is 1. The Balaban J connectivity index is 2.26. The Morgan fingerprint density at radius 1 is 1.32 bits per heavy atom. The molecule has 0 saturated carbocycles. The van der Waals surface area contributed by atoms with E-state index in [0.717, 1.165) is 13.3 Å². The van der Waals surface area contributed by atoms with E-state index in [1.165, 1.54) is 18.2 Å². The quantitative estimate of drug-likeness (QED) is 0.646. The summed E-state index contributed by atoms with van der Waals surface area (Å²) in [5.41, 5.74) is -1.41. The van der Waals surface area contributed by atoms with Gasteiger partial charge in [0.2, 0.25) is 5.43 Å². The lowest BCUT2D eigenvalue weighted by atomic mass is 10.1. The highest BCUT2D eigenvalue weighted by Gasteiger charge is 2.22. The first kappa shape index (κ1) is 17.0. The molecule has 9 heteroatoms. The summed E-state index contributed by atoms with van der Waals surface area (Å²) in [5.74, 6) is -2.49. The average Bonchev–Trinajstić information content (AvgIpc) is 2.59. The number of H-pyrrole nitrogens is 1. The molecule has 128 valence electrons. The number of fused-ring (bicyclic) bond motifs is 1. The second kappa shape index (κ2) is 6.60. The molecule has 1 aromatic heterocycles. The second-order valence-corrected chi connectivity index (χ2v) is 5.93. The fourth-order valence-corrected chi connectivity index (χ4v) is 2.63. The Bertz CT molecular complexity index is 1050. The van der Waals surface area contributed by atoms with Crippen LogP contribution in [0, 0.1) is 11.6 Å². The molecule has 0 amide bonds. The summed E-state index contributed by atoms with van der Waals surface area (Å²) in [5, 5.41) is 8.39. The Hall–Kier alpha value is -2.81. The van der Waals surface area contributed by atoms with Crippen LogP contribution in [0.25, 0.3) is 10.9 Å². The number of esters is 1. The molecule has 6 nitrogen and oxygen atoms in total. The van der Waals surface area contributed by atoms with E-state index in [4.69, 9.17) is 0 Å². The number of hydrogen-bond acceptors (Lipinski definition) is 5. The molecule has 0 unspecified atom stereocenters. The number of ether oxygens (including phenoxy) is 1. The van der Waals surface area contributed by atoms with E-state index in [1.807, 2.05) is 0 Å². The number of benzene rings is 2. The predicted octanol–water partition coefficient (Wildman–Crippen LogP) is 3.49. The van der Waals surface area contributed by atoms with Crippen molar-refractivity contribution >= 4 is 44.2 Å². The fraction of sp³-hybridized carbons (Fsp3) is 0.0625. The van der Waals surface area contributed by atoms with Crippen LogP contribution in [0.2, 0.25) is 0 Å². The standard InChI is InChI=1S/C16H10BrF2N3O3/c1-25-16(24)9-5-8-12(23)6-20-22-15(8)13(19)14(9)21-11-3-2-7(17)4-10(11)18/h2-6,21H,1H3,(H,22,23). The SMILES string of the molecule is COC(=O)c1cc2c(=O)cn[nH]c2c(F)c1Nc1ccc(Br)cc1F. The summed E-state index contributed by atoms with van der Waals surface area (Å²) >= 11 is 3.12. The number of nitrogens with zero attached hydrogens (tertiary/aromatic N) is 1. The van der Waals surface area contributed by atoms with Crippen molar-refractivity contribution in [2.45, 2.75) is 0 Å². The van der Waals surface area contributed by atoms with E-state index in [1.54, 1.807) is 6.07 Å². The number of anilines is 2. The van der Waals surface area contributed by atoms with Gasteiger partial charge in [-0.25, -0.2) is 13.6 Å². The molecule has 0 atom stereocenters. The van der Waals surface area contributed by atoms with Gasteiger partial charge in [-0.2, -0.15) is 5.10 Å². The molecular weight excluding hydrogens is 400 g/mol. The lowest BCUT2D eigenvalue weighted by Crippen LogP contribution is -2.12. The highest BCUT2D eigenvalue weighted by Crippen LogP contribution is 2.31. The summed E-state index contributed by atoms with van der Waals surface area (Å²) in [6.07, 6.45) is 0.963. The van der Waals surface area contributed by atoms with Crippen molar-refractivity contribution in [3.8, 4) is 0 Å². The normalized spacial score (nSPS) is 10.7. The number of aromatic amines is 1. The van der Waals surface area contributed by atoms with Crippen LogP contribution in [0.4, 0.5) is 20.2 Å². The maximum Gasteiger partial charge on any atom is 0.340 e. The summed E-state index contributed by atoms with van der Waals surface area (Å²) in [7, 11) is 1.12. The minimum absolute atomic E-state index is 0.0576. The number of aromatic nitrogens is 2. The Labute approximate surface area is 147 Å². The third-order valence-electron chi connectivity index (χ3n) is 3.49. The maximum atomic E-state index is 14.9. The zero-order chi connectivity index (χ0) is 18.1. The van der Waals surface area contributed by atoms with Gasteiger partial charge in [-0.05, 0) is 24.3 Å². The second-order valence-electron chi connectivity index (χ2n) is 5.01. The van der Waals surface area contributed by atoms with Gasteiger partial charge in [-0.15, -0.1) is 0 Å². The van der Waals surface area contributed by atoms with Crippen molar-refractivity contribution in [1.82, 2.24) is 10.2 Å². The van der Waals surface area contributed by atoms with E-state index < -0.39 is 23.0 Å². The molecule has 0 aliphatic heterocycles. The molecule has 25 heavy (non-hydrogen) atoms. The molecule has 0 spiro atoms. The molecule has 1 heterocycles. The number of rotatable bonds is 3. The van der Waals surface area contributed by atoms with Crippen molar-refractivity contribution in [2.24, 2.45) is 0 Å². The molecule has 2 aromatic carbocycles. The predicted molar refractivity (Wildman–Crippen MR) is 91.0 cm³/mol. The van der Waals surface area contributed by atoms with E-state index in [-0.39, 0.29) is 27.8 Å². The lowest BCUT2D eigenvalue weighted by Gasteiger charge is -2.14. The summed E-state index contributed by atoms with van der Waals surface area (Å²) < 4.78 is 34.1. The van der Waals surface area contributed by atoms with Gasteiger partial charge >= 0.3 is 5.97 Å². The summed E-state index contributed by atoms with van der Waals surface area (Å²) in [6, 6.07) is 5.27. The first-order chi connectivity index (χ1) is 11.9. The largest absolute Gasteiger partial charge is 0.465 e. The smallest absolute Gasteiger partial charge is 0.340 e. The molecule has 3 aromatic rings. The zero-order valence-electron chi connectivity index (χ0n) is 12.7. The van der Waals surface area contributed by atoms with Crippen LogP contribution in [0.15, 0.2) is 39.7 Å². The van der Waals surface area contributed by atoms with Crippen molar-refractivity contribution in [3.05, 3.63) is 62.4 Å². The highest BCUT2D eigenvalue weighted by molar-refractivity contribution is 9.10. The van der Waals surface area contributed by atoms with Gasteiger partial charge in [0.05, 0.1) is 35.6 Å². The van der Waals surface area contributed by atoms with E-state index in [0.29, 0.717) is 4.47 Å². The average molecular weight is 410 g/mol. The molecule has 3 rings (SSSR count). The molecular formula is C16H10BrF2N3O3. The van der Waals surface area contributed by atoms with Crippen molar-refractivity contribution < 1.29 is 18.3 Å². The van der Waals surface area contributed by atoms with Crippen LogP contribution in [-0.4, -0.2) is 23.3 Å². The maximum absolute atomic E-state index is 14.9. The van der Waals surface area contributed by atoms with Gasteiger partial charge in [-0.3, -0.25) is 9.89 Å². The number of carbonyl (C=O) groups excluding carboxylic acids is 1. The molecule has 2 N–H and O–H groups in total. The van der Waals surface area contributed by atoms with Crippen LogP contribution in [0.1, 0.15) is 10.4 Å². The summed E-state index contributed by atoms with van der Waals surface area (Å²) in [6.45, 7) is 0. The molecule has 0 bridgehead atoms. The van der Waals surface area contributed by atoms with Crippen LogP contribution < -0.4 is 10.7 Å². The Morgan fingerprint density at radius 3 is 2.76 bits per heavy atom. The van der Waals surface area contributed by atoms with Gasteiger partial charge in [0.15, 0.2) is 5.82 Å². The molecule has 0 aliphatic rings. The fourth-order valence-electron chi connectivity index (χ4n) is 2.30. The Morgan fingerprint density at radius 2 is 2.08 bits per heavy atom. The third-order valence-corrected chi connectivity index (χ3v) is 3.98. The van der Waals surface area contributed by atoms with Gasteiger partial charge in [0.1, 0.15) is 11.3 Å². The number of halogens is 3. The van der Waals surface area contributed by atoms with E-state index >= 15 is 0 Å². The molecule has 0 fully saturated rings. The van der Waals surface area contributed by atoms with Crippen LogP contribution >= 0.6 is 15.9 Å². The zero-order valence-corrected chi connectivity index (χ0v) is 14.3. The van der Waals surface area contributed by atoms with Gasteiger partial charge in [0, 0.05) is 4.47 Å². The number of nitrogens with one attached hydrogen (secondary N) is 2. The van der Waals surface area contributed by atoms with Crippen LogP contribution in [0.5, 0.6) is 0 Å². The minimum Gasteiger partial charge on any atom is -0.465 e. The third kappa shape index (κ3) is 3.10. The first-order valence-corrected chi connectivity index (χ1v) is 7.72. The monoisotopic (exact) mass is 409 g/mol. The van der Waals surface area contributed by atoms with E-state index in [9.17, 15) is 18.4 Å². The van der Waals surface area contributed by atoms with Crippen LogP contribution in [-0.2, 0) is 4.74 Å². The van der Waals surface area contributed by atoms with E-state index in [2.05, 4.69) is 36.2 Å². The van der Waals surface area contributed by atoms with Crippen molar-refractivity contribution in [1.29, 1.82) is 0 Å². The number of methoxy groups -OCH3 is 1. The lowest BCUT2D eigenvalue weighted by molar-refractivity contribution is 0.0601. The van der Waals surface area contributed by atoms with Gasteiger partial charge in [0.25, 0.3) is 0 Å². The Kier molecular flexibility index (Phi) is 4.49. The molecule has 0 aliphatic carbocycles.